The molecule has 7 heteroatoms. The van der Waals surface area contributed by atoms with Crippen molar-refractivity contribution in [2.24, 2.45) is 5.92 Å². The Morgan fingerprint density at radius 1 is 1.24 bits per heavy atom. The molecule has 29 heavy (non-hydrogen) atoms. The van der Waals surface area contributed by atoms with Gasteiger partial charge in [0.05, 0.1) is 16.4 Å². The van der Waals surface area contributed by atoms with E-state index < -0.39 is 0 Å². The van der Waals surface area contributed by atoms with Crippen LogP contribution in [0.5, 0.6) is 0 Å². The number of carbonyl (C=O) groups excluding carboxylic acids is 1. The summed E-state index contributed by atoms with van der Waals surface area (Å²) in [7, 11) is 0. The Morgan fingerprint density at radius 2 is 2.00 bits per heavy atom. The number of anilines is 2. The van der Waals surface area contributed by atoms with E-state index in [1.165, 1.54) is 12.8 Å². The van der Waals surface area contributed by atoms with E-state index >= 15 is 0 Å². The van der Waals surface area contributed by atoms with Crippen LogP contribution in [-0.4, -0.2) is 40.0 Å². The maximum atomic E-state index is 13.5. The molecule has 4 rings (SSSR count). The minimum atomic E-state index is 0.120. The molecule has 1 aromatic heterocycles. The number of benzene rings is 1. The molecular formula is C22H28Cl2N4O. The molecular weight excluding hydrogens is 407 g/mol. The van der Waals surface area contributed by atoms with Gasteiger partial charge in [0.25, 0.3) is 5.91 Å². The lowest BCUT2D eigenvalue weighted by Gasteiger charge is -2.22. The Balaban J connectivity index is 1.72. The molecule has 0 bridgehead atoms. The zero-order valence-corrected chi connectivity index (χ0v) is 18.9. The van der Waals surface area contributed by atoms with E-state index in [-0.39, 0.29) is 5.91 Å². The first-order chi connectivity index (χ1) is 13.9. The molecule has 0 N–H and O–H groups in total. The monoisotopic (exact) mass is 434 g/mol. The summed E-state index contributed by atoms with van der Waals surface area (Å²) in [5, 5.41) is 1.23. The molecule has 0 radical (unpaired) electrons. The minimum absolute atomic E-state index is 0.120. The minimum Gasteiger partial charge on any atom is -0.337 e. The molecule has 1 saturated carbocycles. The Kier molecular flexibility index (Phi) is 5.80. The summed E-state index contributed by atoms with van der Waals surface area (Å²) >= 11 is 12.7. The second-order valence-electron chi connectivity index (χ2n) is 8.11. The number of halogens is 2. The van der Waals surface area contributed by atoms with Crippen molar-refractivity contribution in [2.45, 2.75) is 53.0 Å². The van der Waals surface area contributed by atoms with E-state index in [1.54, 1.807) is 6.07 Å². The number of rotatable bonds is 7. The number of hydrogen-bond acceptors (Lipinski definition) is 3. The lowest BCUT2D eigenvalue weighted by atomic mass is 10.2. The van der Waals surface area contributed by atoms with Crippen LogP contribution in [0, 0.1) is 12.8 Å². The van der Waals surface area contributed by atoms with Gasteiger partial charge in [0.1, 0.15) is 5.69 Å². The largest absolute Gasteiger partial charge is 0.337 e. The normalized spacial score (nSPS) is 15.7. The molecule has 1 fully saturated rings. The molecule has 5 nitrogen and oxygen atoms in total. The van der Waals surface area contributed by atoms with Gasteiger partial charge in [-0.3, -0.25) is 4.79 Å². The van der Waals surface area contributed by atoms with Gasteiger partial charge in [0.2, 0.25) is 5.95 Å². The fourth-order valence-corrected chi connectivity index (χ4v) is 4.95. The highest BCUT2D eigenvalue weighted by molar-refractivity contribution is 6.36. The zero-order valence-electron chi connectivity index (χ0n) is 17.3. The molecule has 0 saturated heterocycles. The molecule has 2 aliphatic rings. The van der Waals surface area contributed by atoms with Crippen LogP contribution >= 0.6 is 23.2 Å². The number of nitrogens with zero attached hydrogens (tertiary/aromatic N) is 4. The predicted molar refractivity (Wildman–Crippen MR) is 119 cm³/mol. The van der Waals surface area contributed by atoms with Gasteiger partial charge in [-0.05, 0) is 56.2 Å². The molecule has 0 spiro atoms. The maximum absolute atomic E-state index is 13.5. The third-order valence-electron chi connectivity index (χ3n) is 5.79. The van der Waals surface area contributed by atoms with Crippen molar-refractivity contribution in [3.8, 4) is 0 Å². The van der Waals surface area contributed by atoms with Crippen molar-refractivity contribution in [1.29, 1.82) is 0 Å². The second kappa shape index (κ2) is 8.19. The van der Waals surface area contributed by atoms with Crippen LogP contribution in [0.4, 0.5) is 11.6 Å². The highest BCUT2D eigenvalue weighted by Crippen LogP contribution is 2.40. The summed E-state index contributed by atoms with van der Waals surface area (Å²) in [5.41, 5.74) is 3.55. The number of amides is 1. The van der Waals surface area contributed by atoms with Gasteiger partial charge in [-0.1, -0.05) is 37.0 Å². The average Bonchev–Trinajstić information content (AvgIpc) is 3.28. The first-order valence-corrected chi connectivity index (χ1v) is 11.3. The van der Waals surface area contributed by atoms with Gasteiger partial charge in [0.15, 0.2) is 0 Å². The van der Waals surface area contributed by atoms with Crippen LogP contribution < -0.4 is 4.90 Å². The van der Waals surface area contributed by atoms with Crippen LogP contribution in [0.25, 0.3) is 0 Å². The quantitative estimate of drug-likeness (QED) is 0.579. The molecule has 0 unspecified atom stereocenters. The number of carbonyl (C=O) groups is 1. The topological polar surface area (TPSA) is 41.4 Å². The molecule has 1 amide bonds. The molecule has 2 heterocycles. The lowest BCUT2D eigenvalue weighted by Crippen LogP contribution is -2.35. The van der Waals surface area contributed by atoms with Crippen LogP contribution in [0.1, 0.15) is 54.9 Å². The Labute approximate surface area is 182 Å². The van der Waals surface area contributed by atoms with Crippen molar-refractivity contribution in [1.82, 2.24) is 14.5 Å². The van der Waals surface area contributed by atoms with Crippen molar-refractivity contribution in [3.05, 3.63) is 39.1 Å². The molecule has 156 valence electrons. The van der Waals surface area contributed by atoms with Gasteiger partial charge in [-0.15, -0.1) is 0 Å². The number of imidazole rings is 1. The van der Waals surface area contributed by atoms with Gasteiger partial charge in [-0.2, -0.15) is 0 Å². The van der Waals surface area contributed by atoms with Crippen molar-refractivity contribution >= 4 is 40.7 Å². The van der Waals surface area contributed by atoms with Gasteiger partial charge < -0.3 is 14.4 Å². The first-order valence-electron chi connectivity index (χ1n) is 10.6. The highest BCUT2D eigenvalue weighted by atomic mass is 35.5. The molecule has 2 aromatic rings. The highest BCUT2D eigenvalue weighted by Gasteiger charge is 2.35. The summed E-state index contributed by atoms with van der Waals surface area (Å²) in [5.74, 6) is 1.60. The zero-order chi connectivity index (χ0) is 20.7. The second-order valence-corrected chi connectivity index (χ2v) is 8.96. The Morgan fingerprint density at radius 3 is 2.62 bits per heavy atom. The number of aryl methyl sites for hydroxylation is 2. The summed E-state index contributed by atoms with van der Waals surface area (Å²) in [6.07, 6.45) is 4.17. The van der Waals surface area contributed by atoms with Crippen molar-refractivity contribution < 1.29 is 4.79 Å². The Bertz CT molecular complexity index is 912. The first kappa shape index (κ1) is 20.5. The molecule has 1 aliphatic heterocycles. The standard InChI is InChI=1S/C22H28Cl2N4O/c1-4-8-26(13-15-6-7-15)21(29)20-18(5-2)25-22-27(9-10-28(20)22)19-14(3)11-16(23)12-17(19)24/h11-12,15H,4-10,13H2,1-3H3. The van der Waals surface area contributed by atoms with Gasteiger partial charge in [0, 0.05) is 31.2 Å². The summed E-state index contributed by atoms with van der Waals surface area (Å²) < 4.78 is 2.08. The van der Waals surface area contributed by atoms with Crippen molar-refractivity contribution in [3.63, 3.8) is 0 Å². The van der Waals surface area contributed by atoms with Gasteiger partial charge in [-0.25, -0.2) is 4.98 Å². The molecule has 0 atom stereocenters. The average molecular weight is 435 g/mol. The number of hydrogen-bond donors (Lipinski definition) is 0. The summed E-state index contributed by atoms with van der Waals surface area (Å²) in [6.45, 7) is 9.32. The fourth-order valence-electron chi connectivity index (χ4n) is 4.25. The van der Waals surface area contributed by atoms with E-state index in [4.69, 9.17) is 28.2 Å². The van der Waals surface area contributed by atoms with E-state index in [1.807, 2.05) is 17.9 Å². The third kappa shape index (κ3) is 3.87. The van der Waals surface area contributed by atoms with E-state index in [0.717, 1.165) is 67.6 Å². The van der Waals surface area contributed by atoms with E-state index in [9.17, 15) is 4.79 Å². The fraction of sp³-hybridized carbons (Fsp3) is 0.545. The van der Waals surface area contributed by atoms with Gasteiger partial charge >= 0.3 is 0 Å². The lowest BCUT2D eigenvalue weighted by molar-refractivity contribution is 0.0736. The van der Waals surface area contributed by atoms with Crippen molar-refractivity contribution in [2.75, 3.05) is 24.5 Å². The maximum Gasteiger partial charge on any atom is 0.272 e. The van der Waals surface area contributed by atoms with Crippen LogP contribution in [0.2, 0.25) is 10.0 Å². The Hall–Kier alpha value is -1.72. The summed E-state index contributed by atoms with van der Waals surface area (Å²) in [4.78, 5) is 22.6. The SMILES string of the molecule is CCCN(CC1CC1)C(=O)c1c(CC)nc2n1CCN2c1c(C)cc(Cl)cc1Cl. The predicted octanol–water partition coefficient (Wildman–Crippen LogP) is 5.47. The summed E-state index contributed by atoms with van der Waals surface area (Å²) in [6, 6.07) is 3.68. The van der Waals surface area contributed by atoms with Crippen LogP contribution in [-0.2, 0) is 13.0 Å². The van der Waals surface area contributed by atoms with Crippen LogP contribution in [0.15, 0.2) is 12.1 Å². The third-order valence-corrected chi connectivity index (χ3v) is 6.30. The van der Waals surface area contributed by atoms with E-state index in [2.05, 4.69) is 23.3 Å². The molecule has 1 aromatic carbocycles. The molecule has 1 aliphatic carbocycles. The van der Waals surface area contributed by atoms with E-state index in [0.29, 0.717) is 16.0 Å². The smallest absolute Gasteiger partial charge is 0.272 e. The number of fused-ring (bicyclic) bond motifs is 1. The number of aromatic nitrogens is 2. The van der Waals surface area contributed by atoms with Crippen LogP contribution in [0.3, 0.4) is 0 Å².